The second-order valence-corrected chi connectivity index (χ2v) is 7.00. The summed E-state index contributed by atoms with van der Waals surface area (Å²) in [7, 11) is -4.68. The van der Waals surface area contributed by atoms with Crippen molar-refractivity contribution in [3.05, 3.63) is 23.8 Å². The van der Waals surface area contributed by atoms with E-state index in [0.717, 1.165) is 12.1 Å². The Morgan fingerprint density at radius 2 is 1.58 bits per heavy atom. The quantitative estimate of drug-likeness (QED) is 0.789. The predicted octanol–water partition coefficient (Wildman–Crippen LogP) is 3.94. The summed E-state index contributed by atoms with van der Waals surface area (Å²) >= 11 is 0. The molecule has 0 unspecified atom stereocenters. The van der Waals surface area contributed by atoms with Gasteiger partial charge in [-0.25, -0.2) is 8.42 Å². The molecule has 0 spiro atoms. The van der Waals surface area contributed by atoms with Gasteiger partial charge in [-0.2, -0.15) is 17.9 Å². The average molecular weight is 379 g/mol. The van der Waals surface area contributed by atoms with Gasteiger partial charge < -0.3 is 4.74 Å². The Kier molecular flexibility index (Phi) is 5.81. The fourth-order valence-corrected chi connectivity index (χ4v) is 2.98. The van der Waals surface area contributed by atoms with Gasteiger partial charge in [-0.05, 0) is 24.5 Å². The lowest BCUT2D eigenvalue weighted by Gasteiger charge is -2.19. The van der Waals surface area contributed by atoms with Crippen molar-refractivity contribution in [1.29, 1.82) is 0 Å². The van der Waals surface area contributed by atoms with Crippen LogP contribution in [0.25, 0.3) is 0 Å². The molecule has 1 N–H and O–H groups in total. The zero-order valence-corrected chi connectivity index (χ0v) is 13.6. The van der Waals surface area contributed by atoms with Crippen LogP contribution in [-0.2, 0) is 10.0 Å². The molecule has 0 radical (unpaired) electrons. The van der Waals surface area contributed by atoms with Crippen LogP contribution in [0, 0.1) is 0 Å². The minimum absolute atomic E-state index is 0.0649. The number of sulfonamides is 1. The van der Waals surface area contributed by atoms with E-state index in [9.17, 15) is 34.8 Å². The van der Waals surface area contributed by atoms with Crippen LogP contribution >= 0.6 is 0 Å². The fraction of sp³-hybridized carbons (Fsp3) is 0.538. The lowest BCUT2D eigenvalue weighted by molar-refractivity contribution is -0.275. The van der Waals surface area contributed by atoms with Crippen molar-refractivity contribution in [2.75, 3.05) is 0 Å². The summed E-state index contributed by atoms with van der Waals surface area (Å²) in [5, 5.41) is 0. The van der Waals surface area contributed by atoms with Gasteiger partial charge in [0.2, 0.25) is 10.0 Å². The van der Waals surface area contributed by atoms with Gasteiger partial charge >= 0.3 is 12.5 Å². The minimum atomic E-state index is -5.07. The third-order valence-corrected chi connectivity index (χ3v) is 4.50. The van der Waals surface area contributed by atoms with Gasteiger partial charge in [-0.1, -0.05) is 19.9 Å². The van der Waals surface area contributed by atoms with Gasteiger partial charge in [0.25, 0.3) is 0 Å². The van der Waals surface area contributed by atoms with Crippen molar-refractivity contribution in [2.24, 2.45) is 0 Å². The number of hydrogen-bond acceptors (Lipinski definition) is 3. The molecule has 24 heavy (non-hydrogen) atoms. The van der Waals surface area contributed by atoms with E-state index < -0.39 is 45.2 Å². The van der Waals surface area contributed by atoms with Gasteiger partial charge in [0.1, 0.15) is 11.8 Å². The summed E-state index contributed by atoms with van der Waals surface area (Å²) in [4.78, 5) is -0.762. The third-order valence-electron chi connectivity index (χ3n) is 2.97. The number of rotatable bonds is 5. The van der Waals surface area contributed by atoms with Crippen LogP contribution in [0.5, 0.6) is 5.75 Å². The maximum Gasteiger partial charge on any atom is 0.573 e. The number of hydrogen-bond donors (Lipinski definition) is 1. The highest BCUT2D eigenvalue weighted by Crippen LogP contribution is 2.33. The van der Waals surface area contributed by atoms with E-state index in [0.29, 0.717) is 13.0 Å². The Bertz CT molecular complexity index is 682. The smallest absolute Gasteiger partial charge is 0.405 e. The molecule has 0 aliphatic carbocycles. The molecule has 1 aromatic rings. The number of nitrogens with one attached hydrogen (secondary N) is 1. The molecule has 0 amide bonds. The first-order chi connectivity index (χ1) is 10.6. The van der Waals surface area contributed by atoms with Crippen molar-refractivity contribution in [3.8, 4) is 5.75 Å². The van der Waals surface area contributed by atoms with Crippen molar-refractivity contribution in [3.63, 3.8) is 0 Å². The summed E-state index contributed by atoms with van der Waals surface area (Å²) in [6.07, 6.45) is -9.91. The second-order valence-electron chi connectivity index (χ2n) is 5.29. The largest absolute Gasteiger partial charge is 0.573 e. The predicted molar refractivity (Wildman–Crippen MR) is 73.1 cm³/mol. The molecule has 138 valence electrons. The highest BCUT2D eigenvalue weighted by molar-refractivity contribution is 7.89. The molecule has 0 saturated carbocycles. The molecule has 1 aromatic carbocycles. The Labute approximate surface area is 134 Å². The average Bonchev–Trinajstić information content (AvgIpc) is 2.34. The van der Waals surface area contributed by atoms with E-state index in [1.165, 1.54) is 4.72 Å². The molecule has 0 heterocycles. The number of ether oxygens (including phenoxy) is 1. The van der Waals surface area contributed by atoms with Gasteiger partial charge in [-0.15, -0.1) is 13.2 Å². The molecule has 0 aromatic heterocycles. The maximum atomic E-state index is 12.5. The lowest BCUT2D eigenvalue weighted by atomic mass is 10.0. The second kappa shape index (κ2) is 6.79. The summed E-state index contributed by atoms with van der Waals surface area (Å²) in [5.41, 5.74) is 0.0649. The number of alkyl halides is 6. The van der Waals surface area contributed by atoms with E-state index >= 15 is 0 Å². The van der Waals surface area contributed by atoms with Crippen LogP contribution in [0.3, 0.4) is 0 Å². The molecule has 0 aliphatic heterocycles. The minimum Gasteiger partial charge on any atom is -0.405 e. The Hall–Kier alpha value is -1.49. The first-order valence-electron chi connectivity index (χ1n) is 6.62. The van der Waals surface area contributed by atoms with Crippen LogP contribution < -0.4 is 9.46 Å². The molecule has 0 aliphatic rings. The summed E-state index contributed by atoms with van der Waals surface area (Å²) in [6, 6.07) is 0.135. The molecule has 0 saturated heterocycles. The summed E-state index contributed by atoms with van der Waals surface area (Å²) < 4.78 is 104. The topological polar surface area (TPSA) is 55.4 Å². The zero-order valence-electron chi connectivity index (χ0n) is 12.8. The van der Waals surface area contributed by atoms with Crippen molar-refractivity contribution in [2.45, 2.75) is 50.2 Å². The van der Waals surface area contributed by atoms with E-state index in [2.05, 4.69) is 4.74 Å². The first-order valence-corrected chi connectivity index (χ1v) is 8.10. The summed E-state index contributed by atoms with van der Waals surface area (Å²) in [5.74, 6) is -1.21. The normalized spacial score (nSPS) is 14.8. The molecule has 4 nitrogen and oxygen atoms in total. The van der Waals surface area contributed by atoms with Gasteiger partial charge in [-0.3, -0.25) is 0 Å². The van der Waals surface area contributed by atoms with E-state index in [-0.39, 0.29) is 5.56 Å². The molecule has 1 atom stereocenters. The van der Waals surface area contributed by atoms with Crippen molar-refractivity contribution >= 4 is 10.0 Å². The van der Waals surface area contributed by atoms with Gasteiger partial charge in [0.05, 0.1) is 4.90 Å². The van der Waals surface area contributed by atoms with E-state index in [1.54, 1.807) is 13.8 Å². The van der Waals surface area contributed by atoms with Crippen LogP contribution in [-0.4, -0.2) is 27.0 Å². The van der Waals surface area contributed by atoms with Crippen LogP contribution in [0.4, 0.5) is 26.3 Å². The van der Waals surface area contributed by atoms with E-state index in [1.807, 2.05) is 0 Å². The molecular formula is C13H15F6NO3S. The number of halogens is 6. The van der Waals surface area contributed by atoms with Crippen LogP contribution in [0.1, 0.15) is 32.3 Å². The summed E-state index contributed by atoms with van der Waals surface area (Å²) in [6.45, 7) is 3.68. The van der Waals surface area contributed by atoms with Crippen LogP contribution in [0.2, 0.25) is 0 Å². The molecule has 11 heteroatoms. The van der Waals surface area contributed by atoms with Crippen LogP contribution in [0.15, 0.2) is 23.1 Å². The van der Waals surface area contributed by atoms with E-state index in [4.69, 9.17) is 0 Å². The highest BCUT2D eigenvalue weighted by atomic mass is 32.2. The van der Waals surface area contributed by atoms with Gasteiger partial charge in [0, 0.05) is 6.07 Å². The lowest BCUT2D eigenvalue weighted by Crippen LogP contribution is -2.42. The van der Waals surface area contributed by atoms with Gasteiger partial charge in [0.15, 0.2) is 0 Å². The molecule has 1 rings (SSSR count). The fourth-order valence-electron chi connectivity index (χ4n) is 1.74. The molecular weight excluding hydrogens is 364 g/mol. The number of benzene rings is 1. The highest BCUT2D eigenvalue weighted by Gasteiger charge is 2.39. The SMILES string of the molecule is CC(C)c1ccc(S(=O)(=O)N[C@@H](C)C(F)(F)F)cc1OC(F)(F)F. The standard InChI is InChI=1S/C13H15F6NO3S/c1-7(2)10-5-4-9(6-11(10)23-13(17,18)19)24(21,22)20-8(3)12(14,15)16/h4-8,20H,1-3H3/t8-/m0/s1. The molecule has 0 fully saturated rings. The molecule has 0 bridgehead atoms. The first kappa shape index (κ1) is 20.6. The Balaban J connectivity index is 3.27. The third kappa shape index (κ3) is 5.55. The Morgan fingerprint density at radius 3 is 2.00 bits per heavy atom. The maximum absolute atomic E-state index is 12.5. The van der Waals surface area contributed by atoms with Crippen molar-refractivity contribution < 1.29 is 39.5 Å². The Morgan fingerprint density at radius 1 is 1.04 bits per heavy atom. The monoisotopic (exact) mass is 379 g/mol. The van der Waals surface area contributed by atoms with Crippen molar-refractivity contribution in [1.82, 2.24) is 4.72 Å². The zero-order chi connectivity index (χ0) is 18.9.